The standard InChI is InChI=1S/C11H17N.C9H8O2/c1-8(2)10-4-6-11(7-5-10)9(3)12;10-9(11)7-6-8-4-2-1-3-5-8/h4-9H,12H2,1-3H3;1-7H,(H,10,11). The molecule has 0 spiro atoms. The van der Waals surface area contributed by atoms with E-state index in [0.29, 0.717) is 5.92 Å². The quantitative estimate of drug-likeness (QED) is 0.810. The van der Waals surface area contributed by atoms with Crippen molar-refractivity contribution >= 4 is 12.0 Å². The highest BCUT2D eigenvalue weighted by atomic mass is 16.4. The van der Waals surface area contributed by atoms with Crippen LogP contribution in [0.25, 0.3) is 6.08 Å². The Balaban J connectivity index is 0.000000231. The molecule has 3 heteroatoms. The summed E-state index contributed by atoms with van der Waals surface area (Å²) in [6, 6.07) is 18.0. The third-order valence-corrected chi connectivity index (χ3v) is 3.35. The van der Waals surface area contributed by atoms with E-state index >= 15 is 0 Å². The van der Waals surface area contributed by atoms with E-state index in [0.717, 1.165) is 11.6 Å². The molecule has 0 radical (unpaired) electrons. The fraction of sp³-hybridized carbons (Fsp3) is 0.250. The molecule has 0 heterocycles. The lowest BCUT2D eigenvalue weighted by molar-refractivity contribution is -0.131. The van der Waals surface area contributed by atoms with E-state index in [1.54, 1.807) is 6.08 Å². The molecular weight excluding hydrogens is 286 g/mol. The fourth-order valence-electron chi connectivity index (χ4n) is 1.92. The van der Waals surface area contributed by atoms with E-state index in [9.17, 15) is 4.79 Å². The van der Waals surface area contributed by atoms with Gasteiger partial charge in [0.15, 0.2) is 0 Å². The van der Waals surface area contributed by atoms with Crippen molar-refractivity contribution in [2.24, 2.45) is 5.73 Å². The Labute approximate surface area is 138 Å². The van der Waals surface area contributed by atoms with Crippen molar-refractivity contribution in [3.8, 4) is 0 Å². The third kappa shape index (κ3) is 7.43. The van der Waals surface area contributed by atoms with Crippen LogP contribution in [0, 0.1) is 0 Å². The second kappa shape index (κ2) is 9.59. The predicted octanol–water partition coefficient (Wildman–Crippen LogP) is 4.61. The van der Waals surface area contributed by atoms with Crippen molar-refractivity contribution in [2.75, 3.05) is 0 Å². The first-order chi connectivity index (χ1) is 10.9. The van der Waals surface area contributed by atoms with Gasteiger partial charge in [-0.05, 0) is 35.6 Å². The zero-order chi connectivity index (χ0) is 17.2. The van der Waals surface area contributed by atoms with Gasteiger partial charge in [-0.1, -0.05) is 68.4 Å². The minimum atomic E-state index is -0.922. The van der Waals surface area contributed by atoms with Gasteiger partial charge in [-0.3, -0.25) is 0 Å². The lowest BCUT2D eigenvalue weighted by Gasteiger charge is -2.08. The first kappa shape index (κ1) is 18.7. The maximum atomic E-state index is 10.1. The zero-order valence-electron chi connectivity index (χ0n) is 13.9. The van der Waals surface area contributed by atoms with Gasteiger partial charge in [0.05, 0.1) is 0 Å². The number of nitrogens with two attached hydrogens (primary N) is 1. The summed E-state index contributed by atoms with van der Waals surface area (Å²) in [4.78, 5) is 10.1. The molecule has 1 unspecified atom stereocenters. The molecule has 0 aromatic heterocycles. The van der Waals surface area contributed by atoms with Gasteiger partial charge in [-0.15, -0.1) is 0 Å². The minimum absolute atomic E-state index is 0.145. The van der Waals surface area contributed by atoms with Gasteiger partial charge in [-0.2, -0.15) is 0 Å². The second-order valence-electron chi connectivity index (χ2n) is 5.69. The van der Waals surface area contributed by atoms with Crippen molar-refractivity contribution in [3.05, 3.63) is 77.4 Å². The zero-order valence-corrected chi connectivity index (χ0v) is 13.9. The molecule has 3 nitrogen and oxygen atoms in total. The SMILES string of the molecule is CC(C)c1ccc(C(C)N)cc1.O=C(O)C=Cc1ccccc1. The summed E-state index contributed by atoms with van der Waals surface area (Å²) in [7, 11) is 0. The van der Waals surface area contributed by atoms with Crippen LogP contribution in [0.2, 0.25) is 0 Å². The largest absolute Gasteiger partial charge is 0.478 e. The van der Waals surface area contributed by atoms with E-state index in [1.807, 2.05) is 37.3 Å². The van der Waals surface area contributed by atoms with Crippen LogP contribution in [-0.2, 0) is 4.79 Å². The molecule has 0 aliphatic carbocycles. The van der Waals surface area contributed by atoms with Crippen LogP contribution in [0.4, 0.5) is 0 Å². The van der Waals surface area contributed by atoms with Gasteiger partial charge >= 0.3 is 5.97 Å². The van der Waals surface area contributed by atoms with Gasteiger partial charge in [0.2, 0.25) is 0 Å². The van der Waals surface area contributed by atoms with Crippen molar-refractivity contribution in [1.29, 1.82) is 0 Å². The molecule has 23 heavy (non-hydrogen) atoms. The molecule has 2 aromatic carbocycles. The number of hydrogen-bond donors (Lipinski definition) is 2. The van der Waals surface area contributed by atoms with Gasteiger partial charge in [0.25, 0.3) is 0 Å². The van der Waals surface area contributed by atoms with E-state index in [2.05, 4.69) is 38.1 Å². The number of rotatable bonds is 4. The molecule has 0 fully saturated rings. The monoisotopic (exact) mass is 311 g/mol. The molecule has 3 N–H and O–H groups in total. The van der Waals surface area contributed by atoms with Gasteiger partial charge < -0.3 is 10.8 Å². The van der Waals surface area contributed by atoms with Crippen LogP contribution in [0.3, 0.4) is 0 Å². The Hall–Kier alpha value is -2.39. The maximum absolute atomic E-state index is 10.1. The van der Waals surface area contributed by atoms with Crippen LogP contribution in [-0.4, -0.2) is 11.1 Å². The smallest absolute Gasteiger partial charge is 0.328 e. The number of carbonyl (C=O) groups is 1. The molecule has 0 saturated heterocycles. The number of carboxylic acids is 1. The topological polar surface area (TPSA) is 63.3 Å². The summed E-state index contributed by atoms with van der Waals surface area (Å²) in [5.74, 6) is -0.319. The highest BCUT2D eigenvalue weighted by Crippen LogP contribution is 2.17. The molecule has 0 bridgehead atoms. The fourth-order valence-corrected chi connectivity index (χ4v) is 1.92. The van der Waals surface area contributed by atoms with Crippen molar-refractivity contribution in [1.82, 2.24) is 0 Å². The van der Waals surface area contributed by atoms with Crippen LogP contribution in [0.15, 0.2) is 60.7 Å². The molecule has 1 atom stereocenters. The Morgan fingerprint density at radius 1 is 0.957 bits per heavy atom. The van der Waals surface area contributed by atoms with Crippen LogP contribution < -0.4 is 5.73 Å². The summed E-state index contributed by atoms with van der Waals surface area (Å²) >= 11 is 0. The lowest BCUT2D eigenvalue weighted by Crippen LogP contribution is -2.04. The molecule has 0 amide bonds. The van der Waals surface area contributed by atoms with E-state index < -0.39 is 5.97 Å². The first-order valence-corrected chi connectivity index (χ1v) is 7.71. The van der Waals surface area contributed by atoms with Gasteiger partial charge in [-0.25, -0.2) is 4.79 Å². The number of carboxylic acid groups (broad SMARTS) is 1. The number of aliphatic carboxylic acids is 1. The summed E-state index contributed by atoms with van der Waals surface area (Å²) < 4.78 is 0. The van der Waals surface area contributed by atoms with Crippen molar-refractivity contribution in [3.63, 3.8) is 0 Å². The Bertz CT molecular complexity index is 587. The van der Waals surface area contributed by atoms with Crippen LogP contribution >= 0.6 is 0 Å². The molecule has 0 aliphatic rings. The van der Waals surface area contributed by atoms with E-state index in [-0.39, 0.29) is 6.04 Å². The van der Waals surface area contributed by atoms with Crippen LogP contribution in [0.1, 0.15) is 49.4 Å². The molecule has 0 aliphatic heterocycles. The molecule has 2 rings (SSSR count). The van der Waals surface area contributed by atoms with Gasteiger partial charge in [0, 0.05) is 12.1 Å². The second-order valence-corrected chi connectivity index (χ2v) is 5.69. The number of benzene rings is 2. The van der Waals surface area contributed by atoms with Gasteiger partial charge in [0.1, 0.15) is 0 Å². The minimum Gasteiger partial charge on any atom is -0.478 e. The molecule has 2 aromatic rings. The molecular formula is C20H25NO2. The number of hydrogen-bond acceptors (Lipinski definition) is 2. The highest BCUT2D eigenvalue weighted by Gasteiger charge is 2.00. The van der Waals surface area contributed by atoms with E-state index in [1.165, 1.54) is 11.1 Å². The molecule has 0 saturated carbocycles. The average molecular weight is 311 g/mol. The highest BCUT2D eigenvalue weighted by molar-refractivity contribution is 5.85. The average Bonchev–Trinajstić information content (AvgIpc) is 2.54. The lowest BCUT2D eigenvalue weighted by atomic mass is 10.00. The maximum Gasteiger partial charge on any atom is 0.328 e. The third-order valence-electron chi connectivity index (χ3n) is 3.35. The van der Waals surface area contributed by atoms with Crippen molar-refractivity contribution < 1.29 is 9.90 Å². The normalized spacial score (nSPS) is 11.9. The summed E-state index contributed by atoms with van der Waals surface area (Å²) in [6.45, 7) is 6.39. The van der Waals surface area contributed by atoms with Crippen molar-refractivity contribution in [2.45, 2.75) is 32.7 Å². The first-order valence-electron chi connectivity index (χ1n) is 7.71. The Kier molecular flexibility index (Phi) is 7.78. The summed E-state index contributed by atoms with van der Waals surface area (Å²) in [5, 5.41) is 8.29. The molecule has 122 valence electrons. The summed E-state index contributed by atoms with van der Waals surface area (Å²) in [6.07, 6.45) is 2.68. The Morgan fingerprint density at radius 3 is 1.91 bits per heavy atom. The van der Waals surface area contributed by atoms with E-state index in [4.69, 9.17) is 10.8 Å². The predicted molar refractivity (Wildman–Crippen MR) is 96.2 cm³/mol. The Morgan fingerprint density at radius 2 is 1.48 bits per heavy atom. The van der Waals surface area contributed by atoms with Crippen LogP contribution in [0.5, 0.6) is 0 Å². The summed E-state index contributed by atoms with van der Waals surface area (Å²) in [5.41, 5.74) is 9.22.